The third-order valence-electron chi connectivity index (χ3n) is 2.45. The lowest BCUT2D eigenvalue weighted by molar-refractivity contribution is 0.977. The average Bonchev–Trinajstić information content (AvgIpc) is 2.16. The van der Waals surface area contributed by atoms with E-state index in [2.05, 4.69) is 38.1 Å². The minimum Gasteiger partial charge on any atom is -0.198 e. The zero-order chi connectivity index (χ0) is 9.68. The fourth-order valence-electron chi connectivity index (χ4n) is 1.58. The van der Waals surface area contributed by atoms with Crippen LogP contribution in [0.1, 0.15) is 30.0 Å². The number of hydrogen-bond acceptors (Lipinski definition) is 1. The van der Waals surface area contributed by atoms with E-state index in [0.29, 0.717) is 6.42 Å². The fourth-order valence-corrected chi connectivity index (χ4v) is 1.58. The Morgan fingerprint density at radius 2 is 2.00 bits per heavy atom. The van der Waals surface area contributed by atoms with E-state index in [4.69, 9.17) is 5.26 Å². The molecule has 68 valence electrons. The summed E-state index contributed by atoms with van der Waals surface area (Å²) in [5.74, 6) is 0. The van der Waals surface area contributed by atoms with Crippen molar-refractivity contribution >= 4 is 0 Å². The van der Waals surface area contributed by atoms with Gasteiger partial charge in [-0.3, -0.25) is 0 Å². The van der Waals surface area contributed by atoms with E-state index in [-0.39, 0.29) is 0 Å². The van der Waals surface area contributed by atoms with Gasteiger partial charge in [0.15, 0.2) is 0 Å². The summed E-state index contributed by atoms with van der Waals surface area (Å²) in [7, 11) is 0. The average molecular weight is 173 g/mol. The van der Waals surface area contributed by atoms with Crippen LogP contribution in [-0.2, 0) is 12.8 Å². The van der Waals surface area contributed by atoms with Crippen molar-refractivity contribution in [2.45, 2.75) is 33.1 Å². The van der Waals surface area contributed by atoms with E-state index < -0.39 is 0 Å². The Morgan fingerprint density at radius 1 is 1.31 bits per heavy atom. The highest BCUT2D eigenvalue weighted by Crippen LogP contribution is 2.15. The molecule has 0 atom stereocenters. The smallest absolute Gasteiger partial charge is 0.0625 e. The number of aryl methyl sites for hydroxylation is 2. The zero-order valence-electron chi connectivity index (χ0n) is 8.30. The summed E-state index contributed by atoms with van der Waals surface area (Å²) < 4.78 is 0. The molecule has 1 aromatic rings. The molecule has 0 heterocycles. The molecule has 0 aliphatic rings. The van der Waals surface area contributed by atoms with E-state index in [1.54, 1.807) is 0 Å². The largest absolute Gasteiger partial charge is 0.198 e. The Hall–Kier alpha value is -1.29. The highest BCUT2D eigenvalue weighted by molar-refractivity contribution is 5.34. The predicted molar refractivity (Wildman–Crippen MR) is 54.5 cm³/mol. The number of rotatable bonds is 3. The van der Waals surface area contributed by atoms with Crippen molar-refractivity contribution in [1.82, 2.24) is 0 Å². The fraction of sp³-hybridized carbons (Fsp3) is 0.417. The molecule has 0 radical (unpaired) electrons. The third kappa shape index (κ3) is 2.32. The van der Waals surface area contributed by atoms with Gasteiger partial charge in [-0.2, -0.15) is 5.26 Å². The van der Waals surface area contributed by atoms with Crippen LogP contribution in [0, 0.1) is 18.3 Å². The van der Waals surface area contributed by atoms with Gasteiger partial charge in [0.25, 0.3) is 0 Å². The standard InChI is InChI=1S/C12H15N/c1-3-11-6-4-7-12(10(11)2)8-5-9-13/h4,6-7H,3,5,8H2,1-2H3. The molecule has 1 rings (SSSR count). The molecule has 13 heavy (non-hydrogen) atoms. The minimum absolute atomic E-state index is 0.619. The quantitative estimate of drug-likeness (QED) is 0.689. The molecular formula is C12H15N. The first kappa shape index (κ1) is 9.80. The molecule has 0 fully saturated rings. The van der Waals surface area contributed by atoms with Gasteiger partial charge in [0.2, 0.25) is 0 Å². The van der Waals surface area contributed by atoms with E-state index in [1.807, 2.05) is 0 Å². The van der Waals surface area contributed by atoms with Crippen molar-refractivity contribution in [3.05, 3.63) is 34.9 Å². The lowest BCUT2D eigenvalue weighted by Crippen LogP contribution is -1.93. The normalized spacial score (nSPS) is 9.62. The van der Waals surface area contributed by atoms with Crippen molar-refractivity contribution in [3.63, 3.8) is 0 Å². The summed E-state index contributed by atoms with van der Waals surface area (Å²) >= 11 is 0. The van der Waals surface area contributed by atoms with Gasteiger partial charge in [-0.15, -0.1) is 0 Å². The summed E-state index contributed by atoms with van der Waals surface area (Å²) in [5.41, 5.74) is 4.08. The van der Waals surface area contributed by atoms with Crippen molar-refractivity contribution in [3.8, 4) is 6.07 Å². The number of nitriles is 1. The van der Waals surface area contributed by atoms with Crippen LogP contribution >= 0.6 is 0 Å². The van der Waals surface area contributed by atoms with Gasteiger partial charge in [0, 0.05) is 6.42 Å². The topological polar surface area (TPSA) is 23.8 Å². The molecule has 1 aromatic carbocycles. The first-order valence-electron chi connectivity index (χ1n) is 4.74. The summed E-state index contributed by atoms with van der Waals surface area (Å²) in [5, 5.41) is 8.49. The van der Waals surface area contributed by atoms with Crippen LogP contribution in [0.15, 0.2) is 18.2 Å². The van der Waals surface area contributed by atoms with Gasteiger partial charge >= 0.3 is 0 Å². The molecule has 0 N–H and O–H groups in total. The summed E-state index contributed by atoms with van der Waals surface area (Å²) in [6.45, 7) is 4.31. The Morgan fingerprint density at radius 3 is 2.62 bits per heavy atom. The van der Waals surface area contributed by atoms with Crippen LogP contribution in [0.5, 0.6) is 0 Å². The molecule has 0 aromatic heterocycles. The first-order chi connectivity index (χ1) is 6.29. The van der Waals surface area contributed by atoms with Crippen molar-refractivity contribution in [2.75, 3.05) is 0 Å². The van der Waals surface area contributed by atoms with Crippen LogP contribution in [0.2, 0.25) is 0 Å². The molecule has 1 nitrogen and oxygen atoms in total. The predicted octanol–water partition coefficient (Wildman–Crippen LogP) is 3.01. The third-order valence-corrected chi connectivity index (χ3v) is 2.45. The maximum absolute atomic E-state index is 8.49. The summed E-state index contributed by atoms with van der Waals surface area (Å²) in [6, 6.07) is 8.54. The van der Waals surface area contributed by atoms with Gasteiger partial charge in [-0.05, 0) is 36.5 Å². The Bertz CT molecular complexity index is 320. The number of benzene rings is 1. The lowest BCUT2D eigenvalue weighted by Gasteiger charge is -2.07. The maximum atomic E-state index is 8.49. The Balaban J connectivity index is 2.89. The lowest BCUT2D eigenvalue weighted by atomic mass is 9.98. The van der Waals surface area contributed by atoms with Crippen LogP contribution in [-0.4, -0.2) is 0 Å². The Kier molecular flexibility index (Phi) is 3.52. The molecule has 0 saturated heterocycles. The van der Waals surface area contributed by atoms with E-state index >= 15 is 0 Å². The van der Waals surface area contributed by atoms with Crippen LogP contribution in [0.3, 0.4) is 0 Å². The summed E-state index contributed by atoms with van der Waals surface area (Å²) in [4.78, 5) is 0. The van der Waals surface area contributed by atoms with Crippen LogP contribution < -0.4 is 0 Å². The van der Waals surface area contributed by atoms with Gasteiger partial charge in [-0.1, -0.05) is 25.1 Å². The molecule has 0 amide bonds. The number of nitrogens with zero attached hydrogens (tertiary/aromatic N) is 1. The molecule has 0 unspecified atom stereocenters. The van der Waals surface area contributed by atoms with Crippen molar-refractivity contribution in [1.29, 1.82) is 5.26 Å². The molecule has 0 saturated carbocycles. The van der Waals surface area contributed by atoms with E-state index in [0.717, 1.165) is 12.8 Å². The van der Waals surface area contributed by atoms with Crippen molar-refractivity contribution in [2.24, 2.45) is 0 Å². The van der Waals surface area contributed by atoms with E-state index in [9.17, 15) is 0 Å². The molecule has 0 bridgehead atoms. The second-order valence-electron chi connectivity index (χ2n) is 3.21. The minimum atomic E-state index is 0.619. The van der Waals surface area contributed by atoms with Gasteiger partial charge in [-0.25, -0.2) is 0 Å². The number of hydrogen-bond donors (Lipinski definition) is 0. The zero-order valence-corrected chi connectivity index (χ0v) is 8.30. The van der Waals surface area contributed by atoms with Crippen LogP contribution in [0.25, 0.3) is 0 Å². The SMILES string of the molecule is CCc1cccc(CCC#N)c1C. The molecule has 0 spiro atoms. The summed E-state index contributed by atoms with van der Waals surface area (Å²) in [6.07, 6.45) is 2.58. The second-order valence-corrected chi connectivity index (χ2v) is 3.21. The van der Waals surface area contributed by atoms with Gasteiger partial charge < -0.3 is 0 Å². The monoisotopic (exact) mass is 173 g/mol. The molecule has 0 aliphatic carbocycles. The van der Waals surface area contributed by atoms with E-state index in [1.165, 1.54) is 16.7 Å². The molecule has 0 aliphatic heterocycles. The molecular weight excluding hydrogens is 158 g/mol. The van der Waals surface area contributed by atoms with Crippen LogP contribution in [0.4, 0.5) is 0 Å². The Labute approximate surface area is 80.0 Å². The highest BCUT2D eigenvalue weighted by atomic mass is 14.2. The van der Waals surface area contributed by atoms with Crippen molar-refractivity contribution < 1.29 is 0 Å². The van der Waals surface area contributed by atoms with Gasteiger partial charge in [0.1, 0.15) is 0 Å². The first-order valence-corrected chi connectivity index (χ1v) is 4.74. The highest BCUT2D eigenvalue weighted by Gasteiger charge is 2.01. The second kappa shape index (κ2) is 4.67. The van der Waals surface area contributed by atoms with Gasteiger partial charge in [0.05, 0.1) is 6.07 Å². The maximum Gasteiger partial charge on any atom is 0.0625 e. The molecule has 1 heteroatoms.